The summed E-state index contributed by atoms with van der Waals surface area (Å²) < 4.78 is 0. The van der Waals surface area contributed by atoms with Crippen LogP contribution in [0.15, 0.2) is 24.5 Å². The number of ketones is 1. The van der Waals surface area contributed by atoms with E-state index in [4.69, 9.17) is 0 Å². The lowest BCUT2D eigenvalue weighted by molar-refractivity contribution is 0.0936. The molecule has 2 aromatic rings. The van der Waals surface area contributed by atoms with Crippen LogP contribution in [0.3, 0.4) is 0 Å². The van der Waals surface area contributed by atoms with E-state index in [1.807, 2.05) is 18.2 Å². The van der Waals surface area contributed by atoms with E-state index in [2.05, 4.69) is 21.9 Å². The number of aromatic amines is 1. The number of nitrogens with one attached hydrogen (secondary N) is 1. The highest BCUT2D eigenvalue weighted by Gasteiger charge is 2.20. The fraction of sp³-hybridized carbons (Fsp3) is 0.467. The van der Waals surface area contributed by atoms with Gasteiger partial charge in [-0.25, -0.2) is 4.98 Å². The fourth-order valence-corrected chi connectivity index (χ4v) is 2.76. The van der Waals surface area contributed by atoms with Gasteiger partial charge in [0.15, 0.2) is 5.78 Å². The lowest BCUT2D eigenvalue weighted by Crippen LogP contribution is -2.31. The van der Waals surface area contributed by atoms with Crippen molar-refractivity contribution in [2.75, 3.05) is 20.1 Å². The maximum Gasteiger partial charge on any atom is 0.163 e. The molecule has 0 radical (unpaired) electrons. The number of carbonyl (C=O) groups excluding carboxylic acids is 1. The zero-order chi connectivity index (χ0) is 13.2. The Hall–Kier alpha value is -1.68. The first-order chi connectivity index (χ1) is 9.22. The number of hydrogen-bond acceptors (Lipinski definition) is 3. The third-order valence-corrected chi connectivity index (χ3v) is 4.05. The minimum Gasteiger partial charge on any atom is -0.345 e. The second-order valence-corrected chi connectivity index (χ2v) is 5.51. The number of hydrogen-bond donors (Lipinski definition) is 1. The summed E-state index contributed by atoms with van der Waals surface area (Å²) in [5.74, 6) is 0.798. The number of H-pyrrole nitrogens is 1. The Bertz CT molecular complexity index is 582. The first-order valence-electron chi connectivity index (χ1n) is 6.87. The predicted molar refractivity (Wildman–Crippen MR) is 75.3 cm³/mol. The van der Waals surface area contributed by atoms with Crippen molar-refractivity contribution in [3.8, 4) is 0 Å². The van der Waals surface area contributed by atoms with Crippen molar-refractivity contribution in [2.24, 2.45) is 5.92 Å². The van der Waals surface area contributed by atoms with E-state index in [0.29, 0.717) is 12.3 Å². The molecule has 2 heterocycles. The van der Waals surface area contributed by atoms with Crippen LogP contribution in [0.1, 0.15) is 29.6 Å². The Morgan fingerprint density at radius 3 is 3.00 bits per heavy atom. The number of rotatable bonds is 3. The number of fused-ring (bicyclic) bond motifs is 1. The molecule has 1 saturated heterocycles. The highest BCUT2D eigenvalue weighted by atomic mass is 16.1. The lowest BCUT2D eigenvalue weighted by atomic mass is 9.90. The maximum atomic E-state index is 12.3. The van der Waals surface area contributed by atoms with Gasteiger partial charge in [-0.2, -0.15) is 0 Å². The molecule has 1 aromatic heterocycles. The van der Waals surface area contributed by atoms with Crippen molar-refractivity contribution in [3.63, 3.8) is 0 Å². The van der Waals surface area contributed by atoms with Gasteiger partial charge < -0.3 is 9.88 Å². The van der Waals surface area contributed by atoms with Crippen LogP contribution in [0, 0.1) is 5.92 Å². The van der Waals surface area contributed by atoms with Gasteiger partial charge in [0.2, 0.25) is 0 Å². The molecule has 1 aliphatic rings. The number of Topliss-reactive ketones (excluding diaryl/α,β-unsaturated/α-hetero) is 1. The van der Waals surface area contributed by atoms with Crippen molar-refractivity contribution in [1.29, 1.82) is 0 Å². The van der Waals surface area contributed by atoms with Crippen molar-refractivity contribution in [2.45, 2.75) is 19.3 Å². The van der Waals surface area contributed by atoms with Crippen molar-refractivity contribution < 1.29 is 4.79 Å². The lowest BCUT2D eigenvalue weighted by Gasteiger charge is -2.28. The molecular weight excluding hydrogens is 238 g/mol. The van der Waals surface area contributed by atoms with Gasteiger partial charge in [0.25, 0.3) is 0 Å². The standard InChI is InChI=1S/C15H19N3O/c1-18-6-4-11(5-7-18)8-15(19)12-2-3-13-14(9-12)17-10-16-13/h2-3,9-11H,4-8H2,1H3,(H,16,17). The quantitative estimate of drug-likeness (QED) is 0.859. The minimum atomic E-state index is 0.256. The summed E-state index contributed by atoms with van der Waals surface area (Å²) in [4.78, 5) is 21.9. The summed E-state index contributed by atoms with van der Waals surface area (Å²) >= 11 is 0. The molecule has 0 atom stereocenters. The number of likely N-dealkylation sites (tertiary alicyclic amines) is 1. The van der Waals surface area contributed by atoms with Gasteiger partial charge in [0.1, 0.15) is 0 Å². The summed E-state index contributed by atoms with van der Waals surface area (Å²) in [6, 6.07) is 5.72. The summed E-state index contributed by atoms with van der Waals surface area (Å²) in [7, 11) is 2.14. The van der Waals surface area contributed by atoms with Gasteiger partial charge in [-0.15, -0.1) is 0 Å². The Balaban J connectivity index is 1.69. The van der Waals surface area contributed by atoms with Crippen LogP contribution in [0.5, 0.6) is 0 Å². The molecule has 0 bridgehead atoms. The molecule has 0 aliphatic carbocycles. The summed E-state index contributed by atoms with van der Waals surface area (Å²) in [6.45, 7) is 2.22. The predicted octanol–water partition coefficient (Wildman–Crippen LogP) is 2.48. The van der Waals surface area contributed by atoms with Gasteiger partial charge in [0.05, 0.1) is 17.4 Å². The Labute approximate surface area is 112 Å². The molecule has 4 nitrogen and oxygen atoms in total. The number of carbonyl (C=O) groups is 1. The zero-order valence-electron chi connectivity index (χ0n) is 11.2. The molecule has 1 N–H and O–H groups in total. The molecule has 0 saturated carbocycles. The molecule has 4 heteroatoms. The summed E-state index contributed by atoms with van der Waals surface area (Å²) in [5, 5.41) is 0. The van der Waals surface area contributed by atoms with E-state index >= 15 is 0 Å². The second-order valence-electron chi connectivity index (χ2n) is 5.51. The van der Waals surface area contributed by atoms with Crippen LogP contribution >= 0.6 is 0 Å². The largest absolute Gasteiger partial charge is 0.345 e. The SMILES string of the molecule is CN1CCC(CC(=O)c2ccc3nc[nH]c3c2)CC1. The minimum absolute atomic E-state index is 0.256. The van der Waals surface area contributed by atoms with Crippen molar-refractivity contribution in [1.82, 2.24) is 14.9 Å². The second kappa shape index (κ2) is 5.13. The monoisotopic (exact) mass is 257 g/mol. The molecule has 1 aromatic carbocycles. The van der Waals surface area contributed by atoms with E-state index < -0.39 is 0 Å². The fourth-order valence-electron chi connectivity index (χ4n) is 2.76. The van der Waals surface area contributed by atoms with Crippen molar-refractivity contribution >= 4 is 16.8 Å². The molecule has 19 heavy (non-hydrogen) atoms. The highest BCUT2D eigenvalue weighted by molar-refractivity contribution is 5.98. The van der Waals surface area contributed by atoms with Crippen LogP contribution in [0.4, 0.5) is 0 Å². The number of aromatic nitrogens is 2. The van der Waals surface area contributed by atoms with Crippen molar-refractivity contribution in [3.05, 3.63) is 30.1 Å². The molecule has 0 spiro atoms. The van der Waals surface area contributed by atoms with Crippen LogP contribution in [-0.2, 0) is 0 Å². The molecule has 1 fully saturated rings. The third-order valence-electron chi connectivity index (χ3n) is 4.05. The number of nitrogens with zero attached hydrogens (tertiary/aromatic N) is 2. The third kappa shape index (κ3) is 2.68. The first kappa shape index (κ1) is 12.4. The molecule has 1 aliphatic heterocycles. The van der Waals surface area contributed by atoms with Gasteiger partial charge in [-0.3, -0.25) is 4.79 Å². The molecule has 3 rings (SSSR count). The van der Waals surface area contributed by atoms with E-state index in [0.717, 1.165) is 42.5 Å². The molecule has 0 amide bonds. The molecular formula is C15H19N3O. The van der Waals surface area contributed by atoms with E-state index in [1.54, 1.807) is 6.33 Å². The van der Waals surface area contributed by atoms with Crippen LogP contribution in [-0.4, -0.2) is 40.8 Å². The van der Waals surface area contributed by atoms with Gasteiger partial charge in [0, 0.05) is 12.0 Å². The van der Waals surface area contributed by atoms with E-state index in [1.165, 1.54) is 0 Å². The van der Waals surface area contributed by atoms with Crippen LogP contribution in [0.2, 0.25) is 0 Å². The van der Waals surface area contributed by atoms with Gasteiger partial charge in [-0.1, -0.05) is 0 Å². The van der Waals surface area contributed by atoms with Gasteiger partial charge >= 0.3 is 0 Å². The molecule has 0 unspecified atom stereocenters. The average Bonchev–Trinajstić information content (AvgIpc) is 2.88. The number of benzene rings is 1. The normalized spacial score (nSPS) is 17.9. The highest BCUT2D eigenvalue weighted by Crippen LogP contribution is 2.22. The van der Waals surface area contributed by atoms with Crippen LogP contribution < -0.4 is 0 Å². The summed E-state index contributed by atoms with van der Waals surface area (Å²) in [6.07, 6.45) is 4.60. The van der Waals surface area contributed by atoms with E-state index in [9.17, 15) is 4.79 Å². The van der Waals surface area contributed by atoms with Crippen LogP contribution in [0.25, 0.3) is 11.0 Å². The topological polar surface area (TPSA) is 49.0 Å². The molecule has 100 valence electrons. The number of piperidine rings is 1. The zero-order valence-corrected chi connectivity index (χ0v) is 11.2. The Kier molecular flexibility index (Phi) is 3.34. The average molecular weight is 257 g/mol. The Morgan fingerprint density at radius 1 is 1.42 bits per heavy atom. The maximum absolute atomic E-state index is 12.3. The van der Waals surface area contributed by atoms with E-state index in [-0.39, 0.29) is 5.78 Å². The van der Waals surface area contributed by atoms with Gasteiger partial charge in [-0.05, 0) is 57.1 Å². The summed E-state index contributed by atoms with van der Waals surface area (Å²) in [5.41, 5.74) is 2.65. The Morgan fingerprint density at radius 2 is 2.21 bits per heavy atom. The first-order valence-corrected chi connectivity index (χ1v) is 6.87. The smallest absolute Gasteiger partial charge is 0.163 e. The number of imidazole rings is 1.